The first kappa shape index (κ1) is 22.9. The summed E-state index contributed by atoms with van der Waals surface area (Å²) < 4.78 is 0. The van der Waals surface area contributed by atoms with Crippen LogP contribution < -0.4 is 24.8 Å². The molecule has 5 rings (SSSR count). The van der Waals surface area contributed by atoms with Gasteiger partial charge in [-0.15, -0.1) is 0 Å². The summed E-state index contributed by atoms with van der Waals surface area (Å²) in [5.41, 5.74) is 8.65. The van der Waals surface area contributed by atoms with E-state index in [0.717, 1.165) is 6.42 Å². The third kappa shape index (κ3) is 3.86. The van der Waals surface area contributed by atoms with E-state index < -0.39 is 0 Å². The fourth-order valence-electron chi connectivity index (χ4n) is 4.53. The number of benzene rings is 3. The van der Waals surface area contributed by atoms with Gasteiger partial charge in [-0.2, -0.15) is 0 Å². The van der Waals surface area contributed by atoms with Crippen molar-refractivity contribution in [1.29, 1.82) is 0 Å². The fourth-order valence-corrected chi connectivity index (χ4v) is 4.53. The molecule has 0 amide bonds. The van der Waals surface area contributed by atoms with Crippen LogP contribution >= 0.6 is 0 Å². The molecule has 0 N–H and O–H groups in total. The van der Waals surface area contributed by atoms with E-state index in [0.29, 0.717) is 11.8 Å². The van der Waals surface area contributed by atoms with E-state index in [1.54, 1.807) is 0 Å². The average molecular weight is 483 g/mol. The Morgan fingerprint density at radius 2 is 1.21 bits per heavy atom. The molecular formula is C25H20Cl2Zr. The molecule has 138 valence electrons. The van der Waals surface area contributed by atoms with Gasteiger partial charge in [0, 0.05) is 11.8 Å². The Hall–Kier alpha value is -1.40. The third-order valence-electron chi connectivity index (χ3n) is 5.57. The SMILES string of the molecule is C1=CCC(C(c2ccccc2)C2c3ccccc3-c3ccccc32)=C1.[Cl-].[Cl-].[Zr+2]. The normalized spacial score (nSPS) is 14.6. The van der Waals surface area contributed by atoms with Crippen molar-refractivity contribution in [2.75, 3.05) is 0 Å². The Morgan fingerprint density at radius 1 is 0.679 bits per heavy atom. The zero-order valence-corrected chi connectivity index (χ0v) is 19.3. The summed E-state index contributed by atoms with van der Waals surface area (Å²) in [6.45, 7) is 0. The van der Waals surface area contributed by atoms with Gasteiger partial charge < -0.3 is 24.8 Å². The first-order valence-corrected chi connectivity index (χ1v) is 9.02. The van der Waals surface area contributed by atoms with Crippen LogP contribution in [0.15, 0.2) is 103 Å². The van der Waals surface area contributed by atoms with Crippen molar-refractivity contribution in [2.24, 2.45) is 0 Å². The molecule has 0 aromatic heterocycles. The molecule has 28 heavy (non-hydrogen) atoms. The number of hydrogen-bond acceptors (Lipinski definition) is 0. The molecule has 2 aliphatic carbocycles. The van der Waals surface area contributed by atoms with Crippen LogP contribution in [-0.4, -0.2) is 0 Å². The van der Waals surface area contributed by atoms with E-state index >= 15 is 0 Å². The molecule has 2 aliphatic rings. The number of allylic oxidation sites excluding steroid dienone is 4. The number of hydrogen-bond donors (Lipinski definition) is 0. The van der Waals surface area contributed by atoms with E-state index in [2.05, 4.69) is 97.1 Å². The van der Waals surface area contributed by atoms with E-state index in [1.807, 2.05) is 0 Å². The predicted octanol–water partition coefficient (Wildman–Crippen LogP) is 0.475. The molecule has 0 saturated heterocycles. The average Bonchev–Trinajstić information content (AvgIpc) is 3.31. The molecule has 0 heterocycles. The van der Waals surface area contributed by atoms with Gasteiger partial charge in [0.05, 0.1) is 0 Å². The Labute approximate surface area is 198 Å². The molecule has 1 atom stereocenters. The summed E-state index contributed by atoms with van der Waals surface area (Å²) in [5.74, 6) is 0.780. The Bertz CT molecular complexity index is 947. The maximum atomic E-state index is 2.32. The quantitative estimate of drug-likeness (QED) is 0.510. The third-order valence-corrected chi connectivity index (χ3v) is 5.57. The summed E-state index contributed by atoms with van der Waals surface area (Å²) in [6, 6.07) is 28.9. The Morgan fingerprint density at radius 3 is 1.75 bits per heavy atom. The number of fused-ring (bicyclic) bond motifs is 3. The van der Waals surface area contributed by atoms with E-state index in [9.17, 15) is 0 Å². The van der Waals surface area contributed by atoms with Gasteiger partial charge in [0.2, 0.25) is 0 Å². The summed E-state index contributed by atoms with van der Waals surface area (Å²) >= 11 is 0. The zero-order chi connectivity index (χ0) is 16.6. The second-order valence-corrected chi connectivity index (χ2v) is 6.91. The van der Waals surface area contributed by atoms with Crippen LogP contribution in [0.2, 0.25) is 0 Å². The first-order chi connectivity index (χ1) is 12.4. The molecular weight excluding hydrogens is 462 g/mol. The molecule has 3 aromatic carbocycles. The largest absolute Gasteiger partial charge is 2.00 e. The van der Waals surface area contributed by atoms with Gasteiger partial charge in [0.1, 0.15) is 0 Å². The van der Waals surface area contributed by atoms with Crippen LogP contribution in [0.3, 0.4) is 0 Å². The molecule has 0 radical (unpaired) electrons. The van der Waals surface area contributed by atoms with Gasteiger partial charge in [-0.3, -0.25) is 0 Å². The minimum atomic E-state index is 0. The number of halogens is 2. The monoisotopic (exact) mass is 480 g/mol. The van der Waals surface area contributed by atoms with E-state index in [-0.39, 0.29) is 51.0 Å². The minimum Gasteiger partial charge on any atom is -1.00 e. The Kier molecular flexibility index (Phi) is 8.08. The van der Waals surface area contributed by atoms with Crippen LogP contribution in [-0.2, 0) is 26.2 Å². The molecule has 0 fully saturated rings. The maximum absolute atomic E-state index is 2.32. The van der Waals surface area contributed by atoms with E-state index in [1.165, 1.54) is 33.4 Å². The van der Waals surface area contributed by atoms with Gasteiger partial charge in [-0.1, -0.05) is 103 Å². The zero-order valence-electron chi connectivity index (χ0n) is 15.4. The van der Waals surface area contributed by atoms with Crippen LogP contribution in [0.5, 0.6) is 0 Å². The fraction of sp³-hybridized carbons (Fsp3) is 0.120. The molecule has 0 saturated carbocycles. The molecule has 3 heteroatoms. The van der Waals surface area contributed by atoms with Crippen LogP contribution in [0, 0.1) is 0 Å². The van der Waals surface area contributed by atoms with Gasteiger partial charge in [0.15, 0.2) is 0 Å². The van der Waals surface area contributed by atoms with Crippen molar-refractivity contribution in [3.63, 3.8) is 0 Å². The molecule has 3 aromatic rings. The second kappa shape index (κ2) is 9.88. The van der Waals surface area contributed by atoms with Crippen molar-refractivity contribution in [3.05, 3.63) is 119 Å². The number of rotatable bonds is 3. The second-order valence-electron chi connectivity index (χ2n) is 6.91. The van der Waals surface area contributed by atoms with Crippen LogP contribution in [0.1, 0.15) is 34.9 Å². The van der Waals surface area contributed by atoms with Crippen molar-refractivity contribution in [2.45, 2.75) is 18.3 Å². The standard InChI is InChI=1S/C25H20.2ClH.Zr/c1-2-10-18(11-3-1)24(19-12-4-5-13-19)25-22-16-8-6-14-20(22)21-15-7-9-17-23(21)25;;;/h1-12,14-17,24-25H,13H2;2*1H;/q;;;+2/p-2. The topological polar surface area (TPSA) is 0 Å². The van der Waals surface area contributed by atoms with E-state index in [4.69, 9.17) is 0 Å². The van der Waals surface area contributed by atoms with Gasteiger partial charge in [-0.25, -0.2) is 0 Å². The molecule has 0 bridgehead atoms. The van der Waals surface area contributed by atoms with Crippen LogP contribution in [0.4, 0.5) is 0 Å². The summed E-state index contributed by atoms with van der Waals surface area (Å²) in [6.07, 6.45) is 7.86. The van der Waals surface area contributed by atoms with Crippen LogP contribution in [0.25, 0.3) is 11.1 Å². The van der Waals surface area contributed by atoms with Crippen molar-refractivity contribution < 1.29 is 51.0 Å². The molecule has 1 unspecified atom stereocenters. The van der Waals surface area contributed by atoms with Crippen molar-refractivity contribution >= 4 is 0 Å². The Balaban J connectivity index is 0.000000934. The molecule has 0 spiro atoms. The molecule has 0 nitrogen and oxygen atoms in total. The summed E-state index contributed by atoms with van der Waals surface area (Å²) in [4.78, 5) is 0. The maximum Gasteiger partial charge on any atom is 2.00 e. The van der Waals surface area contributed by atoms with Gasteiger partial charge >= 0.3 is 26.2 Å². The molecule has 0 aliphatic heterocycles. The summed E-state index contributed by atoms with van der Waals surface area (Å²) in [5, 5.41) is 0. The van der Waals surface area contributed by atoms with Crippen molar-refractivity contribution in [3.8, 4) is 11.1 Å². The minimum absolute atomic E-state index is 0. The van der Waals surface area contributed by atoms with Gasteiger partial charge in [-0.05, 0) is 34.2 Å². The predicted molar refractivity (Wildman–Crippen MR) is 105 cm³/mol. The first-order valence-electron chi connectivity index (χ1n) is 9.02. The summed E-state index contributed by atoms with van der Waals surface area (Å²) in [7, 11) is 0. The van der Waals surface area contributed by atoms with Gasteiger partial charge in [0.25, 0.3) is 0 Å². The van der Waals surface area contributed by atoms with Crippen molar-refractivity contribution in [1.82, 2.24) is 0 Å². The smallest absolute Gasteiger partial charge is 1.00 e.